The summed E-state index contributed by atoms with van der Waals surface area (Å²) in [5.74, 6) is -0.938. The quantitative estimate of drug-likeness (QED) is 0.808. The number of methoxy groups -OCH3 is 1. The molecule has 0 spiro atoms. The van der Waals surface area contributed by atoms with Crippen LogP contribution in [0.4, 0.5) is 8.78 Å². The molecule has 0 fully saturated rings. The van der Waals surface area contributed by atoms with Crippen molar-refractivity contribution in [2.75, 3.05) is 13.7 Å². The van der Waals surface area contributed by atoms with E-state index in [0.717, 1.165) is 18.2 Å². The molecule has 0 saturated heterocycles. The minimum absolute atomic E-state index is 0.220. The van der Waals surface area contributed by atoms with Gasteiger partial charge in [0.2, 0.25) is 0 Å². The summed E-state index contributed by atoms with van der Waals surface area (Å²) in [5, 5.41) is 0. The van der Waals surface area contributed by atoms with Crippen LogP contribution in [-0.4, -0.2) is 13.7 Å². The standard InChI is InChI=1S/C10H13F2NO/c1-14-10(4-5-13)8-6-7(11)2-3-9(8)12/h2-3,6,10H,4-5,13H2,1H3. The van der Waals surface area contributed by atoms with Crippen LogP contribution in [-0.2, 0) is 4.74 Å². The fraction of sp³-hybridized carbons (Fsp3) is 0.400. The van der Waals surface area contributed by atoms with Gasteiger partial charge in [-0.15, -0.1) is 0 Å². The summed E-state index contributed by atoms with van der Waals surface area (Å²) in [4.78, 5) is 0. The van der Waals surface area contributed by atoms with Gasteiger partial charge in [-0.3, -0.25) is 0 Å². The largest absolute Gasteiger partial charge is 0.377 e. The van der Waals surface area contributed by atoms with Gasteiger partial charge < -0.3 is 10.5 Å². The summed E-state index contributed by atoms with van der Waals surface area (Å²) < 4.78 is 31.1. The SMILES string of the molecule is COC(CCN)c1cc(F)ccc1F. The molecule has 1 unspecified atom stereocenters. The first-order valence-electron chi connectivity index (χ1n) is 4.37. The Morgan fingerprint density at radius 1 is 1.43 bits per heavy atom. The van der Waals surface area contributed by atoms with Crippen molar-refractivity contribution in [1.82, 2.24) is 0 Å². The molecule has 0 aliphatic carbocycles. The summed E-state index contributed by atoms with van der Waals surface area (Å²) in [6, 6.07) is 3.31. The molecule has 0 heterocycles. The molecule has 0 radical (unpaired) electrons. The van der Waals surface area contributed by atoms with E-state index in [4.69, 9.17) is 10.5 Å². The minimum Gasteiger partial charge on any atom is -0.377 e. The molecule has 0 aromatic heterocycles. The number of benzene rings is 1. The molecule has 2 nitrogen and oxygen atoms in total. The molecule has 0 aliphatic rings. The second kappa shape index (κ2) is 5.02. The minimum atomic E-state index is -0.476. The van der Waals surface area contributed by atoms with Gasteiger partial charge in [0, 0.05) is 12.7 Å². The van der Waals surface area contributed by atoms with Crippen LogP contribution in [0.1, 0.15) is 18.1 Å². The molecule has 1 atom stereocenters. The second-order valence-corrected chi connectivity index (χ2v) is 2.97. The maximum absolute atomic E-state index is 13.2. The lowest BCUT2D eigenvalue weighted by Crippen LogP contribution is -2.10. The van der Waals surface area contributed by atoms with Crippen molar-refractivity contribution in [1.29, 1.82) is 0 Å². The van der Waals surface area contributed by atoms with Crippen LogP contribution >= 0.6 is 0 Å². The smallest absolute Gasteiger partial charge is 0.129 e. The monoisotopic (exact) mass is 201 g/mol. The molecule has 0 amide bonds. The van der Waals surface area contributed by atoms with Crippen LogP contribution in [0.5, 0.6) is 0 Å². The highest BCUT2D eigenvalue weighted by Gasteiger charge is 2.14. The van der Waals surface area contributed by atoms with E-state index in [0.29, 0.717) is 13.0 Å². The molecule has 1 aromatic rings. The first-order chi connectivity index (χ1) is 6.69. The highest BCUT2D eigenvalue weighted by Crippen LogP contribution is 2.23. The Kier molecular flexibility index (Phi) is 3.98. The van der Waals surface area contributed by atoms with E-state index in [-0.39, 0.29) is 5.56 Å². The molecule has 78 valence electrons. The Balaban J connectivity index is 2.96. The Labute approximate surface area is 81.7 Å². The van der Waals surface area contributed by atoms with E-state index in [1.54, 1.807) is 0 Å². The van der Waals surface area contributed by atoms with Crippen LogP contribution in [0.15, 0.2) is 18.2 Å². The number of nitrogens with two attached hydrogens (primary N) is 1. The third-order valence-electron chi connectivity index (χ3n) is 2.02. The van der Waals surface area contributed by atoms with Crippen LogP contribution in [0.2, 0.25) is 0 Å². The number of rotatable bonds is 4. The summed E-state index contributed by atoms with van der Waals surface area (Å²) in [5.41, 5.74) is 5.55. The van der Waals surface area contributed by atoms with Crippen molar-refractivity contribution in [3.8, 4) is 0 Å². The lowest BCUT2D eigenvalue weighted by atomic mass is 10.1. The van der Waals surface area contributed by atoms with Crippen molar-refractivity contribution in [3.05, 3.63) is 35.4 Å². The average Bonchev–Trinajstić information content (AvgIpc) is 2.18. The lowest BCUT2D eigenvalue weighted by Gasteiger charge is -2.15. The van der Waals surface area contributed by atoms with E-state index in [1.807, 2.05) is 0 Å². The van der Waals surface area contributed by atoms with Crippen LogP contribution in [0, 0.1) is 11.6 Å². The fourth-order valence-corrected chi connectivity index (χ4v) is 1.31. The molecule has 1 aromatic carbocycles. The van der Waals surface area contributed by atoms with Crippen molar-refractivity contribution in [2.45, 2.75) is 12.5 Å². The third-order valence-corrected chi connectivity index (χ3v) is 2.02. The van der Waals surface area contributed by atoms with Crippen molar-refractivity contribution < 1.29 is 13.5 Å². The van der Waals surface area contributed by atoms with Gasteiger partial charge >= 0.3 is 0 Å². The number of ether oxygens (including phenoxy) is 1. The van der Waals surface area contributed by atoms with Gasteiger partial charge in [0.15, 0.2) is 0 Å². The van der Waals surface area contributed by atoms with Gasteiger partial charge in [-0.05, 0) is 31.2 Å². The average molecular weight is 201 g/mol. The summed E-state index contributed by atoms with van der Waals surface area (Å²) in [6.45, 7) is 0.370. The van der Waals surface area contributed by atoms with Crippen LogP contribution < -0.4 is 5.73 Å². The van der Waals surface area contributed by atoms with Crippen molar-refractivity contribution >= 4 is 0 Å². The van der Waals surface area contributed by atoms with Crippen molar-refractivity contribution in [2.24, 2.45) is 5.73 Å². The molecule has 0 saturated carbocycles. The highest BCUT2D eigenvalue weighted by atomic mass is 19.1. The zero-order valence-electron chi connectivity index (χ0n) is 7.97. The van der Waals surface area contributed by atoms with E-state index < -0.39 is 17.7 Å². The van der Waals surface area contributed by atoms with Gasteiger partial charge in [-0.25, -0.2) is 8.78 Å². The molecule has 1 rings (SSSR count). The van der Waals surface area contributed by atoms with Gasteiger partial charge in [0.1, 0.15) is 11.6 Å². The predicted molar refractivity (Wildman–Crippen MR) is 49.8 cm³/mol. The topological polar surface area (TPSA) is 35.2 Å². The Morgan fingerprint density at radius 3 is 2.71 bits per heavy atom. The van der Waals surface area contributed by atoms with Gasteiger partial charge in [0.05, 0.1) is 6.10 Å². The molecule has 14 heavy (non-hydrogen) atoms. The van der Waals surface area contributed by atoms with E-state index >= 15 is 0 Å². The summed E-state index contributed by atoms with van der Waals surface area (Å²) in [7, 11) is 1.45. The zero-order chi connectivity index (χ0) is 10.6. The third kappa shape index (κ3) is 2.49. The van der Waals surface area contributed by atoms with Crippen LogP contribution in [0.3, 0.4) is 0 Å². The first-order valence-corrected chi connectivity index (χ1v) is 4.37. The fourth-order valence-electron chi connectivity index (χ4n) is 1.31. The molecule has 0 aliphatic heterocycles. The first kappa shape index (κ1) is 11.1. The molecule has 0 bridgehead atoms. The van der Waals surface area contributed by atoms with E-state index in [9.17, 15) is 8.78 Å². The number of hydrogen-bond donors (Lipinski definition) is 1. The normalized spacial score (nSPS) is 12.9. The van der Waals surface area contributed by atoms with E-state index in [2.05, 4.69) is 0 Å². The van der Waals surface area contributed by atoms with Crippen molar-refractivity contribution in [3.63, 3.8) is 0 Å². The molecule has 2 N–H and O–H groups in total. The number of halogens is 2. The Hall–Kier alpha value is -1.00. The van der Waals surface area contributed by atoms with Crippen LogP contribution in [0.25, 0.3) is 0 Å². The second-order valence-electron chi connectivity index (χ2n) is 2.97. The maximum atomic E-state index is 13.2. The van der Waals surface area contributed by atoms with E-state index in [1.165, 1.54) is 7.11 Å². The zero-order valence-corrected chi connectivity index (χ0v) is 7.97. The predicted octanol–water partition coefficient (Wildman–Crippen LogP) is 2.00. The highest BCUT2D eigenvalue weighted by molar-refractivity contribution is 5.21. The summed E-state index contributed by atoms with van der Waals surface area (Å²) in [6.07, 6.45) is -0.00708. The van der Waals surface area contributed by atoms with Gasteiger partial charge in [-0.1, -0.05) is 0 Å². The Bertz CT molecular complexity index is 304. The summed E-state index contributed by atoms with van der Waals surface area (Å²) >= 11 is 0. The maximum Gasteiger partial charge on any atom is 0.129 e. The number of hydrogen-bond acceptors (Lipinski definition) is 2. The molecular formula is C10H13F2NO. The molecule has 4 heteroatoms. The Morgan fingerprint density at radius 2 is 2.14 bits per heavy atom. The molecular weight excluding hydrogens is 188 g/mol. The van der Waals surface area contributed by atoms with Gasteiger partial charge in [0.25, 0.3) is 0 Å². The lowest BCUT2D eigenvalue weighted by molar-refractivity contribution is 0.0943. The van der Waals surface area contributed by atoms with Gasteiger partial charge in [-0.2, -0.15) is 0 Å².